The highest BCUT2D eigenvalue weighted by molar-refractivity contribution is 9.10. The number of halogens is 4. The van der Waals surface area contributed by atoms with Crippen molar-refractivity contribution >= 4 is 26.8 Å². The van der Waals surface area contributed by atoms with E-state index in [-0.39, 0.29) is 28.8 Å². The Morgan fingerprint density at radius 3 is 2.32 bits per heavy atom. The van der Waals surface area contributed by atoms with Crippen LogP contribution in [0.15, 0.2) is 44.7 Å². The van der Waals surface area contributed by atoms with E-state index in [9.17, 15) is 27.9 Å². The molecule has 0 saturated heterocycles. The summed E-state index contributed by atoms with van der Waals surface area (Å²) in [5.74, 6) is -4.69. The van der Waals surface area contributed by atoms with Crippen LogP contribution >= 0.6 is 15.9 Å². The van der Waals surface area contributed by atoms with E-state index in [4.69, 9.17) is 0 Å². The van der Waals surface area contributed by atoms with Crippen molar-refractivity contribution in [2.75, 3.05) is 0 Å². The molecule has 0 atom stereocenters. The fourth-order valence-corrected chi connectivity index (χ4v) is 3.69. The maximum absolute atomic E-state index is 13.7. The molecule has 4 rings (SSSR count). The zero-order valence-corrected chi connectivity index (χ0v) is 17.4. The molecule has 0 unspecified atom stereocenters. The minimum Gasteiger partial charge on any atom is -0.507 e. The molecule has 2 aromatic carbocycles. The van der Waals surface area contributed by atoms with Gasteiger partial charge in [-0.1, -0.05) is 15.9 Å². The van der Waals surface area contributed by atoms with Gasteiger partial charge in [0.15, 0.2) is 23.3 Å². The van der Waals surface area contributed by atoms with Gasteiger partial charge in [0.25, 0.3) is 5.56 Å². The van der Waals surface area contributed by atoms with E-state index in [0.29, 0.717) is 4.47 Å². The van der Waals surface area contributed by atoms with Crippen molar-refractivity contribution < 1.29 is 18.3 Å². The summed E-state index contributed by atoms with van der Waals surface area (Å²) in [7, 11) is 1.61. The Balaban J connectivity index is 1.98. The fourth-order valence-electron chi connectivity index (χ4n) is 3.25. The number of benzene rings is 2. The molecule has 2 aromatic heterocycles. The van der Waals surface area contributed by atoms with Gasteiger partial charge in [0.2, 0.25) is 0 Å². The van der Waals surface area contributed by atoms with Gasteiger partial charge in [0.05, 0.1) is 18.6 Å². The van der Waals surface area contributed by atoms with Crippen LogP contribution in [0.4, 0.5) is 13.2 Å². The third kappa shape index (κ3) is 3.74. The molecule has 0 amide bonds. The molecule has 0 saturated carbocycles. The summed E-state index contributed by atoms with van der Waals surface area (Å²) >= 11 is 3.18. The lowest BCUT2D eigenvalue weighted by Gasteiger charge is -2.15. The van der Waals surface area contributed by atoms with Crippen LogP contribution in [-0.2, 0) is 20.1 Å². The van der Waals surface area contributed by atoms with Crippen LogP contribution in [0.3, 0.4) is 0 Å². The Kier molecular flexibility index (Phi) is 5.17. The Hall–Kier alpha value is -3.41. The van der Waals surface area contributed by atoms with Gasteiger partial charge in [-0.2, -0.15) is 5.10 Å². The predicted octanol–water partition coefficient (Wildman–Crippen LogP) is 2.27. The van der Waals surface area contributed by atoms with Gasteiger partial charge in [-0.05, 0) is 29.8 Å². The molecule has 0 aliphatic carbocycles. The van der Waals surface area contributed by atoms with Crippen LogP contribution in [-0.4, -0.2) is 29.0 Å². The molecular weight excluding hydrogens is 483 g/mol. The van der Waals surface area contributed by atoms with Crippen molar-refractivity contribution in [3.8, 4) is 5.75 Å². The summed E-state index contributed by atoms with van der Waals surface area (Å²) in [4.78, 5) is 30.2. The average molecular weight is 496 g/mol. The van der Waals surface area contributed by atoms with Gasteiger partial charge in [0, 0.05) is 11.5 Å². The second-order valence-corrected chi connectivity index (χ2v) is 7.70. The van der Waals surface area contributed by atoms with E-state index in [1.807, 2.05) is 0 Å². The Bertz CT molecular complexity index is 1440. The molecule has 12 heteroatoms. The highest BCUT2D eigenvalue weighted by Crippen LogP contribution is 2.26. The first-order valence-electron chi connectivity index (χ1n) is 8.79. The number of aromatic nitrogens is 5. The van der Waals surface area contributed by atoms with Crippen molar-refractivity contribution in [3.05, 3.63) is 84.7 Å². The molecule has 2 heterocycles. The summed E-state index contributed by atoms with van der Waals surface area (Å²) in [6, 6.07) is 4.20. The summed E-state index contributed by atoms with van der Waals surface area (Å²) in [6.07, 6.45) is 1.39. The van der Waals surface area contributed by atoms with Gasteiger partial charge >= 0.3 is 5.69 Å². The monoisotopic (exact) mass is 495 g/mol. The number of phenolic OH excluding ortho intramolecular Hbond substituents is 1. The van der Waals surface area contributed by atoms with Crippen LogP contribution in [0.25, 0.3) is 10.9 Å². The molecular formula is C19H13BrF3N5O3. The number of nitrogens with zero attached hydrogens (tertiary/aromatic N) is 5. The van der Waals surface area contributed by atoms with Crippen LogP contribution in [0, 0.1) is 17.5 Å². The van der Waals surface area contributed by atoms with Crippen molar-refractivity contribution in [2.24, 2.45) is 7.05 Å². The van der Waals surface area contributed by atoms with Gasteiger partial charge in [0.1, 0.15) is 17.5 Å². The summed E-state index contributed by atoms with van der Waals surface area (Å²) < 4.78 is 44.3. The van der Waals surface area contributed by atoms with E-state index in [0.717, 1.165) is 21.3 Å². The number of hydrogen-bond acceptors (Lipinski definition) is 5. The first-order valence-corrected chi connectivity index (χ1v) is 9.58. The number of aromatic hydroxyl groups is 1. The zero-order valence-electron chi connectivity index (χ0n) is 15.8. The lowest BCUT2D eigenvalue weighted by Crippen LogP contribution is -2.40. The number of hydrogen-bond donors (Lipinski definition) is 1. The van der Waals surface area contributed by atoms with Crippen molar-refractivity contribution in [1.29, 1.82) is 0 Å². The molecule has 1 N–H and O–H groups in total. The largest absolute Gasteiger partial charge is 0.507 e. The molecule has 0 radical (unpaired) electrons. The molecule has 0 aliphatic heterocycles. The molecule has 0 spiro atoms. The molecule has 0 aliphatic rings. The summed E-state index contributed by atoms with van der Waals surface area (Å²) in [6.45, 7) is -0.689. The highest BCUT2D eigenvalue weighted by Gasteiger charge is 2.19. The number of aryl methyl sites for hydroxylation is 1. The van der Waals surface area contributed by atoms with E-state index < -0.39 is 41.0 Å². The van der Waals surface area contributed by atoms with Crippen LogP contribution < -0.4 is 11.2 Å². The lowest BCUT2D eigenvalue weighted by molar-refractivity contribution is 0.444. The van der Waals surface area contributed by atoms with Gasteiger partial charge < -0.3 is 5.11 Å². The molecule has 0 bridgehead atoms. The van der Waals surface area contributed by atoms with E-state index >= 15 is 0 Å². The zero-order chi connectivity index (χ0) is 22.4. The average Bonchev–Trinajstić information content (AvgIpc) is 3.10. The molecule has 0 fully saturated rings. The normalized spacial score (nSPS) is 11.4. The first kappa shape index (κ1) is 20.8. The van der Waals surface area contributed by atoms with Crippen molar-refractivity contribution in [2.45, 2.75) is 13.1 Å². The lowest BCUT2D eigenvalue weighted by atomic mass is 10.1. The van der Waals surface area contributed by atoms with Crippen LogP contribution in [0.2, 0.25) is 0 Å². The third-order valence-electron chi connectivity index (χ3n) is 4.60. The van der Waals surface area contributed by atoms with Crippen molar-refractivity contribution in [1.82, 2.24) is 23.9 Å². The number of fused-ring (bicyclic) bond motifs is 1. The van der Waals surface area contributed by atoms with E-state index in [1.165, 1.54) is 23.1 Å². The topological polar surface area (TPSA) is 94.9 Å². The SMILES string of the molecule is Cn1cnc(Cn2c(=O)c3c(O)cc(Br)cc3n(Cc3cc(F)c(F)c(F)c3)c2=O)n1. The van der Waals surface area contributed by atoms with Crippen molar-refractivity contribution in [3.63, 3.8) is 0 Å². The maximum Gasteiger partial charge on any atom is 0.332 e. The maximum atomic E-state index is 13.7. The van der Waals surface area contributed by atoms with Crippen LogP contribution in [0.1, 0.15) is 11.4 Å². The summed E-state index contributed by atoms with van der Waals surface area (Å²) in [5.41, 5.74) is -1.64. The molecule has 160 valence electrons. The standard InChI is InChI=1S/C19H13BrF3N5O3/c1-26-8-24-15(25-26)7-28-18(30)16-13(4-10(20)5-14(16)29)27(19(28)31)6-9-2-11(21)17(23)12(22)3-9/h2-5,8,29H,6-7H2,1H3. The van der Waals surface area contributed by atoms with Crippen LogP contribution in [0.5, 0.6) is 5.75 Å². The number of phenols is 1. The van der Waals surface area contributed by atoms with E-state index in [2.05, 4.69) is 26.0 Å². The summed E-state index contributed by atoms with van der Waals surface area (Å²) in [5, 5.41) is 14.2. The second-order valence-electron chi connectivity index (χ2n) is 6.79. The highest BCUT2D eigenvalue weighted by atomic mass is 79.9. The number of rotatable bonds is 4. The predicted molar refractivity (Wildman–Crippen MR) is 107 cm³/mol. The second kappa shape index (κ2) is 7.69. The Labute approximate surface area is 179 Å². The smallest absolute Gasteiger partial charge is 0.332 e. The Morgan fingerprint density at radius 2 is 1.71 bits per heavy atom. The van der Waals surface area contributed by atoms with Gasteiger partial charge in [-0.25, -0.2) is 22.9 Å². The minimum absolute atomic E-state index is 0.0252. The van der Waals surface area contributed by atoms with Gasteiger partial charge in [-0.3, -0.25) is 18.6 Å². The fraction of sp³-hybridized carbons (Fsp3) is 0.158. The van der Waals surface area contributed by atoms with E-state index in [1.54, 1.807) is 7.05 Å². The first-order chi connectivity index (χ1) is 14.7. The molecule has 8 nitrogen and oxygen atoms in total. The molecule has 4 aromatic rings. The molecule has 31 heavy (non-hydrogen) atoms. The third-order valence-corrected chi connectivity index (χ3v) is 5.06. The quantitative estimate of drug-likeness (QED) is 0.438. The Morgan fingerprint density at radius 1 is 1.03 bits per heavy atom. The minimum atomic E-state index is -1.63. The van der Waals surface area contributed by atoms with Gasteiger partial charge in [-0.15, -0.1) is 0 Å².